The average molecular weight is 440 g/mol. The van der Waals surface area contributed by atoms with Crippen LogP contribution in [0.1, 0.15) is 13.8 Å². The van der Waals surface area contributed by atoms with Crippen LogP contribution in [0.25, 0.3) is 5.65 Å². The lowest BCUT2D eigenvalue weighted by atomic mass is 10.3. The summed E-state index contributed by atoms with van der Waals surface area (Å²) in [6.07, 6.45) is 0. The largest absolute Gasteiger partial charge is 0.367 e. The quantitative estimate of drug-likeness (QED) is 0.618. The second-order valence-electron chi connectivity index (χ2n) is 5.72. The minimum atomic E-state index is -0.577. The molecule has 2 heterocycles. The molecular formula is C16H15BrFN5O2S. The number of anilines is 1. The van der Waals surface area contributed by atoms with Gasteiger partial charge >= 0.3 is 5.69 Å². The predicted molar refractivity (Wildman–Crippen MR) is 101 cm³/mol. The van der Waals surface area contributed by atoms with Crippen molar-refractivity contribution < 1.29 is 9.18 Å². The van der Waals surface area contributed by atoms with Crippen molar-refractivity contribution in [1.82, 2.24) is 19.4 Å². The van der Waals surface area contributed by atoms with Gasteiger partial charge < -0.3 is 5.32 Å². The third-order valence-corrected chi connectivity index (χ3v) is 4.69. The molecule has 7 nitrogen and oxygen atoms in total. The minimum Gasteiger partial charge on any atom is -0.322 e. The molecule has 0 aliphatic rings. The molecule has 1 amide bonds. The maximum Gasteiger partial charge on any atom is 0.367 e. The van der Waals surface area contributed by atoms with E-state index in [-0.39, 0.29) is 12.2 Å². The van der Waals surface area contributed by atoms with Crippen molar-refractivity contribution in [1.29, 1.82) is 0 Å². The van der Waals surface area contributed by atoms with Gasteiger partial charge in [0, 0.05) is 9.72 Å². The van der Waals surface area contributed by atoms with Gasteiger partial charge in [-0.2, -0.15) is 9.61 Å². The van der Waals surface area contributed by atoms with Gasteiger partial charge in [-0.3, -0.25) is 4.79 Å². The van der Waals surface area contributed by atoms with E-state index in [0.29, 0.717) is 20.4 Å². The first-order chi connectivity index (χ1) is 12.3. The lowest BCUT2D eigenvalue weighted by Gasteiger charge is -2.06. The molecule has 0 aliphatic heterocycles. The van der Waals surface area contributed by atoms with Gasteiger partial charge in [0.15, 0.2) is 5.65 Å². The van der Waals surface area contributed by atoms with Crippen LogP contribution in [0.15, 0.2) is 44.6 Å². The summed E-state index contributed by atoms with van der Waals surface area (Å²) in [4.78, 5) is 24.5. The normalized spacial score (nSPS) is 11.3. The molecule has 0 saturated carbocycles. The number of nitrogens with one attached hydrogen (secondary N) is 1. The Balaban J connectivity index is 1.80. The van der Waals surface area contributed by atoms with Gasteiger partial charge in [-0.25, -0.2) is 13.9 Å². The molecule has 0 radical (unpaired) electrons. The second-order valence-corrected chi connectivity index (χ2v) is 8.23. The standard InChI is InChI=1S/C16H15BrFN5O2S/c1-9(2)26-15-6-5-13-20-22(16(25)23(13)21-15)8-14(24)19-12-4-3-10(17)7-11(12)18/h3-7,9H,8H2,1-2H3,(H,19,24). The Labute approximate surface area is 160 Å². The van der Waals surface area contributed by atoms with E-state index >= 15 is 0 Å². The van der Waals surface area contributed by atoms with Crippen LogP contribution in [0.5, 0.6) is 0 Å². The van der Waals surface area contributed by atoms with Gasteiger partial charge in [0.25, 0.3) is 0 Å². The van der Waals surface area contributed by atoms with E-state index in [2.05, 4.69) is 31.4 Å². The van der Waals surface area contributed by atoms with Gasteiger partial charge in [-0.05, 0) is 30.3 Å². The van der Waals surface area contributed by atoms with Crippen molar-refractivity contribution in [3.8, 4) is 0 Å². The molecule has 0 fully saturated rings. The number of nitrogens with zero attached hydrogens (tertiary/aromatic N) is 4. The third-order valence-electron chi connectivity index (χ3n) is 3.27. The van der Waals surface area contributed by atoms with Crippen LogP contribution in [0, 0.1) is 5.82 Å². The fraction of sp³-hybridized carbons (Fsp3) is 0.250. The summed E-state index contributed by atoms with van der Waals surface area (Å²) in [5.74, 6) is -1.14. The fourth-order valence-electron chi connectivity index (χ4n) is 2.22. The molecule has 3 rings (SSSR count). The molecule has 0 spiro atoms. The highest BCUT2D eigenvalue weighted by Gasteiger charge is 2.14. The molecule has 2 aromatic heterocycles. The Morgan fingerprint density at radius 3 is 2.77 bits per heavy atom. The van der Waals surface area contributed by atoms with Gasteiger partial charge in [-0.1, -0.05) is 29.8 Å². The zero-order valence-corrected chi connectivity index (χ0v) is 16.3. The van der Waals surface area contributed by atoms with E-state index in [9.17, 15) is 14.0 Å². The number of hydrogen-bond acceptors (Lipinski definition) is 5. The number of carbonyl (C=O) groups excluding carboxylic acids is 1. The highest BCUT2D eigenvalue weighted by molar-refractivity contribution is 9.10. The van der Waals surface area contributed by atoms with Gasteiger partial charge in [0.1, 0.15) is 17.4 Å². The van der Waals surface area contributed by atoms with E-state index in [1.165, 1.54) is 23.9 Å². The molecule has 136 valence electrons. The van der Waals surface area contributed by atoms with Crippen LogP contribution in [-0.4, -0.2) is 30.6 Å². The maximum atomic E-state index is 13.8. The zero-order valence-electron chi connectivity index (χ0n) is 13.9. The van der Waals surface area contributed by atoms with Crippen LogP contribution in [0.4, 0.5) is 10.1 Å². The first kappa shape index (κ1) is 18.6. The summed E-state index contributed by atoms with van der Waals surface area (Å²) in [7, 11) is 0. The number of thioether (sulfide) groups is 1. The Hall–Kier alpha value is -2.20. The van der Waals surface area contributed by atoms with Crippen LogP contribution < -0.4 is 11.0 Å². The first-order valence-corrected chi connectivity index (χ1v) is 9.39. The van der Waals surface area contributed by atoms with Crippen molar-refractivity contribution in [3.63, 3.8) is 0 Å². The number of rotatable bonds is 5. The topological polar surface area (TPSA) is 81.3 Å². The summed E-state index contributed by atoms with van der Waals surface area (Å²) in [5, 5.41) is 11.8. The Morgan fingerprint density at radius 2 is 2.08 bits per heavy atom. The first-order valence-electron chi connectivity index (χ1n) is 7.72. The lowest BCUT2D eigenvalue weighted by molar-refractivity contribution is -0.117. The number of carbonyl (C=O) groups is 1. The van der Waals surface area contributed by atoms with Crippen molar-refractivity contribution >= 4 is 44.9 Å². The van der Waals surface area contributed by atoms with Gasteiger partial charge in [0.05, 0.1) is 5.69 Å². The van der Waals surface area contributed by atoms with E-state index in [4.69, 9.17) is 0 Å². The number of fused-ring (bicyclic) bond motifs is 1. The van der Waals surface area contributed by atoms with Crippen molar-refractivity contribution in [3.05, 3.63) is 51.1 Å². The van der Waals surface area contributed by atoms with E-state index < -0.39 is 17.4 Å². The molecule has 0 aliphatic carbocycles. The number of halogens is 2. The molecular weight excluding hydrogens is 425 g/mol. The third kappa shape index (κ3) is 4.13. The molecule has 3 aromatic rings. The molecule has 1 N–H and O–H groups in total. The highest BCUT2D eigenvalue weighted by atomic mass is 79.9. The molecule has 26 heavy (non-hydrogen) atoms. The van der Waals surface area contributed by atoms with Crippen LogP contribution in [0.3, 0.4) is 0 Å². The predicted octanol–water partition coefficient (Wildman–Crippen LogP) is 2.93. The minimum absolute atomic E-state index is 0.0313. The molecule has 0 saturated heterocycles. The Kier molecular flexibility index (Phi) is 5.42. The van der Waals surface area contributed by atoms with E-state index in [0.717, 1.165) is 9.20 Å². The maximum absolute atomic E-state index is 13.8. The van der Waals surface area contributed by atoms with Crippen LogP contribution in [0.2, 0.25) is 0 Å². The summed E-state index contributed by atoms with van der Waals surface area (Å²) >= 11 is 4.66. The summed E-state index contributed by atoms with van der Waals surface area (Å²) < 4.78 is 16.5. The zero-order chi connectivity index (χ0) is 18.8. The van der Waals surface area contributed by atoms with Gasteiger partial charge in [0.2, 0.25) is 5.91 Å². The van der Waals surface area contributed by atoms with Crippen molar-refractivity contribution in [2.45, 2.75) is 30.7 Å². The fourth-order valence-corrected chi connectivity index (χ4v) is 3.31. The highest BCUT2D eigenvalue weighted by Crippen LogP contribution is 2.20. The molecule has 0 unspecified atom stereocenters. The van der Waals surface area contributed by atoms with E-state index in [1.807, 2.05) is 13.8 Å². The number of amides is 1. The SMILES string of the molecule is CC(C)Sc1ccc2nn(CC(=O)Nc3ccc(Br)cc3F)c(=O)n2n1. The van der Waals surface area contributed by atoms with Crippen LogP contribution in [-0.2, 0) is 11.3 Å². The summed E-state index contributed by atoms with van der Waals surface area (Å²) in [5.41, 5.74) is -0.160. The monoisotopic (exact) mass is 439 g/mol. The number of aromatic nitrogens is 4. The Morgan fingerprint density at radius 1 is 1.31 bits per heavy atom. The van der Waals surface area contributed by atoms with Crippen molar-refractivity contribution in [2.75, 3.05) is 5.32 Å². The smallest absolute Gasteiger partial charge is 0.322 e. The average Bonchev–Trinajstić information content (AvgIpc) is 2.86. The number of hydrogen-bond donors (Lipinski definition) is 1. The van der Waals surface area contributed by atoms with E-state index in [1.54, 1.807) is 18.2 Å². The van der Waals surface area contributed by atoms with Gasteiger partial charge in [-0.15, -0.1) is 16.9 Å². The molecule has 1 aromatic carbocycles. The Bertz CT molecular complexity index is 1030. The van der Waals surface area contributed by atoms with Crippen molar-refractivity contribution in [2.24, 2.45) is 0 Å². The molecule has 10 heteroatoms. The number of benzene rings is 1. The lowest BCUT2D eigenvalue weighted by Crippen LogP contribution is -2.29. The molecule has 0 bridgehead atoms. The van der Waals surface area contributed by atoms with Crippen LogP contribution >= 0.6 is 27.7 Å². The second kappa shape index (κ2) is 7.58. The molecule has 0 atom stereocenters. The summed E-state index contributed by atoms with van der Waals surface area (Å²) in [6.45, 7) is 3.70. The summed E-state index contributed by atoms with van der Waals surface area (Å²) in [6, 6.07) is 7.72.